The van der Waals surface area contributed by atoms with Crippen LogP contribution in [0.2, 0.25) is 0 Å². The normalized spacial score (nSPS) is 16.8. The Hall–Kier alpha value is -1.38. The Morgan fingerprint density at radius 2 is 1.68 bits per heavy atom. The second kappa shape index (κ2) is 9.35. The Morgan fingerprint density at radius 3 is 2.12 bits per heavy atom. The molecular weight excluding hydrogens is 361 g/mol. The van der Waals surface area contributed by atoms with E-state index in [0.717, 1.165) is 13.1 Å². The van der Waals surface area contributed by atoms with Gasteiger partial charge in [-0.1, -0.05) is 0 Å². The molecule has 0 amide bonds. The van der Waals surface area contributed by atoms with E-state index in [9.17, 15) is 18.3 Å². The highest BCUT2D eigenvalue weighted by Gasteiger charge is 2.32. The number of aromatic hydroxyl groups is 1. The van der Waals surface area contributed by atoms with Gasteiger partial charge in [-0.05, 0) is 24.1 Å². The zero-order valence-electron chi connectivity index (χ0n) is 14.2. The average Bonchev–Trinajstić information content (AvgIpc) is 2.56. The van der Waals surface area contributed by atoms with E-state index in [1.807, 2.05) is 4.90 Å². The SMILES string of the molecule is COc1cc([C@H](CCC(F)(F)F)N2CCNCC2)cc(OC)c1O.Cl. The van der Waals surface area contributed by atoms with Gasteiger partial charge in [-0.25, -0.2) is 0 Å². The van der Waals surface area contributed by atoms with Crippen molar-refractivity contribution < 1.29 is 27.8 Å². The number of nitrogens with one attached hydrogen (secondary N) is 1. The minimum Gasteiger partial charge on any atom is -0.502 e. The molecule has 0 aromatic heterocycles. The first-order chi connectivity index (χ1) is 11.4. The van der Waals surface area contributed by atoms with Crippen LogP contribution in [0.4, 0.5) is 13.2 Å². The molecule has 0 radical (unpaired) electrons. The van der Waals surface area contributed by atoms with Gasteiger partial charge in [0.2, 0.25) is 5.75 Å². The molecule has 1 aromatic carbocycles. The summed E-state index contributed by atoms with van der Waals surface area (Å²) < 4.78 is 48.5. The molecule has 0 unspecified atom stereocenters. The van der Waals surface area contributed by atoms with Gasteiger partial charge in [0, 0.05) is 38.6 Å². The molecule has 1 fully saturated rings. The average molecular weight is 385 g/mol. The van der Waals surface area contributed by atoms with Crippen LogP contribution in [-0.2, 0) is 0 Å². The summed E-state index contributed by atoms with van der Waals surface area (Å²) in [6.45, 7) is 2.78. The van der Waals surface area contributed by atoms with Crippen LogP contribution in [-0.4, -0.2) is 56.6 Å². The monoisotopic (exact) mass is 384 g/mol. The topological polar surface area (TPSA) is 54.0 Å². The van der Waals surface area contributed by atoms with Crippen molar-refractivity contribution in [2.45, 2.75) is 25.1 Å². The van der Waals surface area contributed by atoms with Crippen LogP contribution in [0.3, 0.4) is 0 Å². The van der Waals surface area contributed by atoms with Gasteiger partial charge in [0.25, 0.3) is 0 Å². The molecule has 9 heteroatoms. The van der Waals surface area contributed by atoms with Crippen molar-refractivity contribution in [2.24, 2.45) is 0 Å². The molecule has 0 spiro atoms. The molecular formula is C16H24ClF3N2O3. The smallest absolute Gasteiger partial charge is 0.389 e. The van der Waals surface area contributed by atoms with Gasteiger partial charge in [0.15, 0.2) is 11.5 Å². The number of methoxy groups -OCH3 is 2. The predicted molar refractivity (Wildman–Crippen MR) is 90.9 cm³/mol. The van der Waals surface area contributed by atoms with Crippen LogP contribution < -0.4 is 14.8 Å². The van der Waals surface area contributed by atoms with Crippen LogP contribution >= 0.6 is 12.4 Å². The minimum absolute atomic E-state index is 0. The van der Waals surface area contributed by atoms with E-state index in [1.165, 1.54) is 14.2 Å². The number of phenols is 1. The minimum atomic E-state index is -4.21. The van der Waals surface area contributed by atoms with E-state index in [-0.39, 0.29) is 36.1 Å². The number of rotatable bonds is 6. The summed E-state index contributed by atoms with van der Waals surface area (Å²) in [4.78, 5) is 2.02. The lowest BCUT2D eigenvalue weighted by atomic mass is 9.98. The van der Waals surface area contributed by atoms with Crippen molar-refractivity contribution in [2.75, 3.05) is 40.4 Å². The van der Waals surface area contributed by atoms with Gasteiger partial charge in [0.05, 0.1) is 14.2 Å². The Morgan fingerprint density at radius 1 is 1.16 bits per heavy atom. The molecule has 1 aromatic rings. The van der Waals surface area contributed by atoms with E-state index in [1.54, 1.807) is 12.1 Å². The number of ether oxygens (including phenoxy) is 2. The zero-order valence-corrected chi connectivity index (χ0v) is 15.0. The van der Waals surface area contributed by atoms with E-state index in [0.29, 0.717) is 18.7 Å². The second-order valence-corrected chi connectivity index (χ2v) is 5.73. The second-order valence-electron chi connectivity index (χ2n) is 5.73. The molecule has 25 heavy (non-hydrogen) atoms. The number of hydrogen-bond donors (Lipinski definition) is 2. The highest BCUT2D eigenvalue weighted by atomic mass is 35.5. The largest absolute Gasteiger partial charge is 0.502 e. The van der Waals surface area contributed by atoms with E-state index in [2.05, 4.69) is 5.32 Å². The third-order valence-corrected chi connectivity index (χ3v) is 4.18. The van der Waals surface area contributed by atoms with Crippen LogP contribution in [0.1, 0.15) is 24.4 Å². The third kappa shape index (κ3) is 5.83. The quantitative estimate of drug-likeness (QED) is 0.789. The number of benzene rings is 1. The molecule has 1 aliphatic heterocycles. The van der Waals surface area contributed by atoms with Gasteiger partial charge in [-0.15, -0.1) is 12.4 Å². The lowest BCUT2D eigenvalue weighted by Gasteiger charge is -2.35. The highest BCUT2D eigenvalue weighted by molar-refractivity contribution is 5.85. The molecule has 1 aliphatic rings. The summed E-state index contributed by atoms with van der Waals surface area (Å²) in [5, 5.41) is 13.2. The Balaban J connectivity index is 0.00000312. The van der Waals surface area contributed by atoms with E-state index in [4.69, 9.17) is 9.47 Å². The lowest BCUT2D eigenvalue weighted by Crippen LogP contribution is -2.45. The Bertz CT molecular complexity index is 527. The van der Waals surface area contributed by atoms with Crippen molar-refractivity contribution in [3.8, 4) is 17.2 Å². The predicted octanol–water partition coefficient (Wildman–Crippen LogP) is 3.12. The maximum absolute atomic E-state index is 12.7. The van der Waals surface area contributed by atoms with Gasteiger partial charge in [0.1, 0.15) is 0 Å². The lowest BCUT2D eigenvalue weighted by molar-refractivity contribution is -0.138. The molecule has 1 atom stereocenters. The van der Waals surface area contributed by atoms with Gasteiger partial charge >= 0.3 is 6.18 Å². The van der Waals surface area contributed by atoms with Crippen molar-refractivity contribution in [1.82, 2.24) is 10.2 Å². The van der Waals surface area contributed by atoms with Gasteiger partial charge < -0.3 is 19.9 Å². The van der Waals surface area contributed by atoms with Gasteiger partial charge in [-0.2, -0.15) is 13.2 Å². The molecule has 2 rings (SSSR count). The van der Waals surface area contributed by atoms with Crippen molar-refractivity contribution in [3.05, 3.63) is 17.7 Å². The number of nitrogens with zero attached hydrogens (tertiary/aromatic N) is 1. The molecule has 0 bridgehead atoms. The first-order valence-electron chi connectivity index (χ1n) is 7.82. The summed E-state index contributed by atoms with van der Waals surface area (Å²) in [5.41, 5.74) is 0.646. The third-order valence-electron chi connectivity index (χ3n) is 4.18. The molecule has 1 heterocycles. The molecule has 2 N–H and O–H groups in total. The summed E-state index contributed by atoms with van der Waals surface area (Å²) in [7, 11) is 2.79. The number of halogens is 4. The summed E-state index contributed by atoms with van der Waals surface area (Å²) in [6, 6.07) is 2.75. The fourth-order valence-corrected chi connectivity index (χ4v) is 2.96. The van der Waals surface area contributed by atoms with E-state index < -0.39 is 18.6 Å². The molecule has 0 aliphatic carbocycles. The highest BCUT2D eigenvalue weighted by Crippen LogP contribution is 2.41. The van der Waals surface area contributed by atoms with Crippen LogP contribution in [0.15, 0.2) is 12.1 Å². The van der Waals surface area contributed by atoms with Crippen LogP contribution in [0.25, 0.3) is 0 Å². The fourth-order valence-electron chi connectivity index (χ4n) is 2.96. The number of phenolic OH excluding ortho intramolecular Hbond substituents is 1. The fraction of sp³-hybridized carbons (Fsp3) is 0.625. The molecule has 5 nitrogen and oxygen atoms in total. The van der Waals surface area contributed by atoms with Crippen molar-refractivity contribution in [3.63, 3.8) is 0 Å². The summed E-state index contributed by atoms with van der Waals surface area (Å²) in [6.07, 6.45) is -5.13. The molecule has 1 saturated heterocycles. The number of piperazine rings is 1. The van der Waals surface area contributed by atoms with Crippen molar-refractivity contribution >= 4 is 12.4 Å². The maximum atomic E-state index is 12.7. The first kappa shape index (κ1) is 21.7. The standard InChI is InChI=1S/C16H23F3N2O3.ClH/c1-23-13-9-11(10-14(24-2)15(13)22)12(3-4-16(17,18)19)21-7-5-20-6-8-21;/h9-10,12,20,22H,3-8H2,1-2H3;1H/t12-;/m0./s1. The van der Waals surface area contributed by atoms with Gasteiger partial charge in [-0.3, -0.25) is 4.90 Å². The summed E-state index contributed by atoms with van der Waals surface area (Å²) >= 11 is 0. The molecule has 144 valence electrons. The Labute approximate surface area is 151 Å². The first-order valence-corrected chi connectivity index (χ1v) is 7.82. The maximum Gasteiger partial charge on any atom is 0.389 e. The summed E-state index contributed by atoms with van der Waals surface area (Å²) in [5.74, 6) is 0.228. The van der Waals surface area contributed by atoms with E-state index >= 15 is 0 Å². The number of alkyl halides is 3. The Kier molecular flexibility index (Phi) is 8.11. The number of hydrogen-bond acceptors (Lipinski definition) is 5. The molecule has 0 saturated carbocycles. The van der Waals surface area contributed by atoms with Crippen LogP contribution in [0, 0.1) is 0 Å². The zero-order chi connectivity index (χ0) is 17.7. The van der Waals surface area contributed by atoms with Crippen LogP contribution in [0.5, 0.6) is 17.2 Å². The van der Waals surface area contributed by atoms with Crippen molar-refractivity contribution in [1.29, 1.82) is 0 Å².